The molecule has 0 aliphatic heterocycles. The highest BCUT2D eigenvalue weighted by Gasteiger charge is 2.35. The molecule has 0 aliphatic carbocycles. The van der Waals surface area contributed by atoms with Crippen LogP contribution in [-0.4, -0.2) is 167 Å². The van der Waals surface area contributed by atoms with Crippen LogP contribution in [0.25, 0.3) is 0 Å². The van der Waals surface area contributed by atoms with E-state index in [0.717, 1.165) is 7.11 Å². The van der Waals surface area contributed by atoms with Gasteiger partial charge in [-0.1, -0.05) is 0 Å². The van der Waals surface area contributed by atoms with Gasteiger partial charge in [0.2, 0.25) is 6.10 Å². The first-order valence-electron chi connectivity index (χ1n) is 16.5. The summed E-state index contributed by atoms with van der Waals surface area (Å²) in [4.78, 5) is 81.8. The molecule has 0 radical (unpaired) electrons. The molecule has 0 aliphatic rings. The first-order chi connectivity index (χ1) is 27.8. The first-order valence-corrected chi connectivity index (χ1v) is 23.0. The molecule has 2 atom stereocenters. The van der Waals surface area contributed by atoms with Crippen molar-refractivity contribution in [1.29, 1.82) is 0 Å². The lowest BCUT2D eigenvalue weighted by atomic mass is 10.1. The Hall–Kier alpha value is -0.720. The van der Waals surface area contributed by atoms with E-state index in [9.17, 15) is 69.6 Å². The van der Waals surface area contributed by atoms with E-state index >= 15 is 0 Å². The Morgan fingerprint density at radius 1 is 0.492 bits per heavy atom. The van der Waals surface area contributed by atoms with E-state index in [4.69, 9.17) is 4.74 Å². The maximum Gasteiger partial charge on any atom is 0.263 e. The van der Waals surface area contributed by atoms with Gasteiger partial charge in [-0.3, -0.25) is 28.8 Å². The number of ether oxygens (including phenoxy) is 1. The van der Waals surface area contributed by atoms with Gasteiger partial charge in [0.15, 0.2) is 0 Å². The van der Waals surface area contributed by atoms with Gasteiger partial charge in [-0.25, -0.2) is 0 Å². The summed E-state index contributed by atoms with van der Waals surface area (Å²) in [6.07, 6.45) is -4.65. The number of nitrogens with one attached hydrogen (secondary N) is 6. The van der Waals surface area contributed by atoms with E-state index in [1.807, 2.05) is 0 Å². The fourth-order valence-corrected chi connectivity index (χ4v) is 13.4. The van der Waals surface area contributed by atoms with E-state index in [-0.39, 0.29) is 55.0 Å². The topological polar surface area (TPSA) is 346 Å². The van der Waals surface area contributed by atoms with Gasteiger partial charge in [0.25, 0.3) is 35.4 Å². The normalized spacial score (nSPS) is 12.8. The number of hydrogen-bond acceptors (Lipinski definition) is 15. The third kappa shape index (κ3) is 14.1. The van der Waals surface area contributed by atoms with Crippen LogP contribution >= 0.6 is 136 Å². The molecule has 0 fully saturated rings. The number of anilines is 2. The lowest BCUT2D eigenvalue weighted by molar-refractivity contribution is -0.137. The number of aliphatic hydroxyl groups excluding tert-OH is 8. The van der Waals surface area contributed by atoms with E-state index in [2.05, 4.69) is 31.9 Å². The van der Waals surface area contributed by atoms with Crippen molar-refractivity contribution in [2.24, 2.45) is 0 Å². The molecule has 0 heterocycles. The summed E-state index contributed by atoms with van der Waals surface area (Å²) in [5.41, 5.74) is -0.936. The summed E-state index contributed by atoms with van der Waals surface area (Å²) in [6.45, 7) is -4.71. The van der Waals surface area contributed by atoms with Gasteiger partial charge < -0.3 is 77.5 Å². The van der Waals surface area contributed by atoms with E-state index in [1.165, 1.54) is 0 Å². The number of benzene rings is 2. The second-order valence-electron chi connectivity index (χ2n) is 11.9. The van der Waals surface area contributed by atoms with Gasteiger partial charge in [-0.2, -0.15) is 0 Å². The molecule has 0 bridgehead atoms. The molecule has 14 N–H and O–H groups in total. The predicted molar refractivity (Wildman–Crippen MR) is 259 cm³/mol. The molecule has 0 saturated heterocycles. The highest BCUT2D eigenvalue weighted by molar-refractivity contribution is 14.1. The van der Waals surface area contributed by atoms with Crippen molar-refractivity contribution in [3.8, 4) is 0 Å². The minimum Gasteiger partial charge on any atom is -0.394 e. The van der Waals surface area contributed by atoms with E-state index in [0.29, 0.717) is 0 Å². The van der Waals surface area contributed by atoms with Crippen LogP contribution in [0, 0.1) is 21.4 Å². The number of rotatable bonds is 21. The molecular formula is C32H38I6N6O15. The number of carbonyl (C=O) groups is 6. The van der Waals surface area contributed by atoms with Crippen LogP contribution in [0.3, 0.4) is 0 Å². The number of aliphatic hydroxyl groups is 8. The van der Waals surface area contributed by atoms with Crippen LogP contribution in [0.5, 0.6) is 0 Å². The summed E-state index contributed by atoms with van der Waals surface area (Å²) in [5, 5.41) is 91.2. The molecule has 0 aromatic heterocycles. The fraction of sp³-hybridized carbons (Fsp3) is 0.438. The Balaban J connectivity index is 2.73. The van der Waals surface area contributed by atoms with Crippen molar-refractivity contribution in [2.75, 3.05) is 70.5 Å². The van der Waals surface area contributed by atoms with Crippen LogP contribution in [-0.2, 0) is 14.3 Å². The SMILES string of the molecule is COC(C(=O)Nc1c(I)c(C(=O)NCC(O)CO)c(I)c(C(=O)NC(CO)CO)c1I)C(=O)Nc1c(I)c(C(=O)NCC(O)CO)c(I)c(C(=O)NC(CO)CO)c1I. The monoisotopic (exact) mass is 1510 g/mol. The number of amides is 6. The first kappa shape index (κ1) is 54.4. The zero-order chi connectivity index (χ0) is 44.9. The number of halogens is 6. The standard InChI is InChI=1S/C32H38I6N6O15/c1-59-26(31(57)43-24-20(35)14(27(53)39-2-12(51)8-49)18(33)16(22(24)37)29(55)41-10(4-45)5-46)32(58)44-25-21(36)15(28(54)40-3-13(52)9-50)19(34)17(23(25)38)30(56)42-11(6-47)7-48/h10-13,26,45-52H,2-9H2,1H3,(H,39,53)(H,40,54)(H,41,55)(H,42,56)(H,43,57)(H,44,58). The van der Waals surface area contributed by atoms with Gasteiger partial charge >= 0.3 is 0 Å². The summed E-state index contributed by atoms with van der Waals surface area (Å²) in [7, 11) is 1.03. The van der Waals surface area contributed by atoms with Gasteiger partial charge in [0, 0.05) is 27.3 Å². The molecule has 0 spiro atoms. The van der Waals surface area contributed by atoms with Crippen LogP contribution in [0.2, 0.25) is 0 Å². The molecule has 2 rings (SSSR count). The molecule has 2 aromatic carbocycles. The minimum atomic E-state index is -1.99. The third-order valence-corrected chi connectivity index (χ3v) is 14.2. The highest BCUT2D eigenvalue weighted by Crippen LogP contribution is 2.38. The average molecular weight is 1510 g/mol. The number of carbonyl (C=O) groups excluding carboxylic acids is 6. The lowest BCUT2D eigenvalue weighted by Crippen LogP contribution is -2.43. The molecule has 59 heavy (non-hydrogen) atoms. The van der Waals surface area contributed by atoms with Crippen molar-refractivity contribution >= 4 is 182 Å². The maximum atomic E-state index is 13.9. The average Bonchev–Trinajstić information content (AvgIpc) is 3.20. The molecule has 328 valence electrons. The van der Waals surface area contributed by atoms with Crippen LogP contribution in [0.15, 0.2) is 0 Å². The summed E-state index contributed by atoms with van der Waals surface area (Å²) >= 11 is 10.3. The third-order valence-electron chi connectivity index (χ3n) is 7.72. The van der Waals surface area contributed by atoms with Gasteiger partial charge in [-0.05, 0) is 136 Å². The molecule has 21 nitrogen and oxygen atoms in total. The Morgan fingerprint density at radius 3 is 1.03 bits per heavy atom. The van der Waals surface area contributed by atoms with Crippen molar-refractivity contribution in [3.63, 3.8) is 0 Å². The quantitative estimate of drug-likeness (QED) is 0.0487. The van der Waals surface area contributed by atoms with Crippen LogP contribution in [0.4, 0.5) is 11.4 Å². The van der Waals surface area contributed by atoms with Crippen molar-refractivity contribution < 1.29 is 74.4 Å². The zero-order valence-corrected chi connectivity index (χ0v) is 43.2. The second-order valence-corrected chi connectivity index (χ2v) is 18.4. The minimum absolute atomic E-state index is 0.0579. The van der Waals surface area contributed by atoms with Gasteiger partial charge in [0.1, 0.15) is 0 Å². The van der Waals surface area contributed by atoms with Gasteiger partial charge in [0.05, 0.1) is 112 Å². The number of hydrogen-bond donors (Lipinski definition) is 14. The summed E-state index contributed by atoms with van der Waals surface area (Å²) in [6, 6.07) is -2.21. The Morgan fingerprint density at radius 2 is 0.780 bits per heavy atom. The van der Waals surface area contributed by atoms with Crippen molar-refractivity contribution in [1.82, 2.24) is 21.3 Å². The smallest absolute Gasteiger partial charge is 0.263 e. The lowest BCUT2D eigenvalue weighted by Gasteiger charge is -2.23. The van der Waals surface area contributed by atoms with E-state index in [1.54, 1.807) is 136 Å². The van der Waals surface area contributed by atoms with Crippen molar-refractivity contribution in [2.45, 2.75) is 30.4 Å². The predicted octanol–water partition coefficient (Wildman–Crippen LogP) is -1.76. The Labute approximate surface area is 417 Å². The van der Waals surface area contributed by atoms with Crippen molar-refractivity contribution in [3.05, 3.63) is 43.7 Å². The maximum absolute atomic E-state index is 13.9. The molecular weight excluding hydrogens is 1470 g/mol. The zero-order valence-electron chi connectivity index (χ0n) is 30.2. The highest BCUT2D eigenvalue weighted by atomic mass is 127. The molecule has 0 saturated carbocycles. The van der Waals surface area contributed by atoms with Crippen LogP contribution in [0.1, 0.15) is 41.4 Å². The summed E-state index contributed by atoms with van der Waals surface area (Å²) < 4.78 is 5.67. The van der Waals surface area contributed by atoms with Crippen LogP contribution < -0.4 is 31.9 Å². The molecule has 2 unspecified atom stereocenters. The largest absolute Gasteiger partial charge is 0.394 e. The molecule has 2 aromatic rings. The Bertz CT molecular complexity index is 1770. The second kappa shape index (κ2) is 26.2. The Kier molecular flexibility index (Phi) is 24.1. The molecule has 27 heteroatoms. The number of methoxy groups -OCH3 is 1. The van der Waals surface area contributed by atoms with E-state index < -0.39 is 119 Å². The summed E-state index contributed by atoms with van der Waals surface area (Å²) in [5.74, 6) is -5.63. The molecule has 6 amide bonds. The van der Waals surface area contributed by atoms with Gasteiger partial charge in [-0.15, -0.1) is 0 Å². The fourth-order valence-electron chi connectivity index (χ4n) is 4.60.